The maximum absolute atomic E-state index is 12.3. The summed E-state index contributed by atoms with van der Waals surface area (Å²) in [5.41, 5.74) is 4.09. The minimum Gasteiger partial charge on any atom is -0.496 e. The number of methoxy groups -OCH3 is 1. The summed E-state index contributed by atoms with van der Waals surface area (Å²) in [6.45, 7) is 2.19. The van der Waals surface area contributed by atoms with Gasteiger partial charge in [0.05, 0.1) is 12.8 Å². The van der Waals surface area contributed by atoms with E-state index in [2.05, 4.69) is 20.2 Å². The quantitative estimate of drug-likeness (QED) is 0.550. The number of ether oxygens (including phenoxy) is 2. The van der Waals surface area contributed by atoms with Crippen LogP contribution in [0.1, 0.15) is 31.4 Å². The molecule has 4 rings (SSSR count). The first-order valence-corrected chi connectivity index (χ1v) is 11.0. The summed E-state index contributed by atoms with van der Waals surface area (Å²) in [5.74, 6) is 0.111. The second-order valence-electron chi connectivity index (χ2n) is 7.74. The van der Waals surface area contributed by atoms with Crippen molar-refractivity contribution in [3.63, 3.8) is 0 Å². The lowest BCUT2D eigenvalue weighted by Crippen LogP contribution is -2.40. The van der Waals surface area contributed by atoms with Crippen LogP contribution in [0.3, 0.4) is 0 Å². The van der Waals surface area contributed by atoms with Crippen LogP contribution in [0.25, 0.3) is 22.5 Å². The van der Waals surface area contributed by atoms with E-state index in [4.69, 9.17) is 21.1 Å². The van der Waals surface area contributed by atoms with E-state index in [9.17, 15) is 9.59 Å². The van der Waals surface area contributed by atoms with Gasteiger partial charge in [0.1, 0.15) is 17.8 Å². The van der Waals surface area contributed by atoms with Gasteiger partial charge >= 0.3 is 5.97 Å². The van der Waals surface area contributed by atoms with Gasteiger partial charge in [-0.25, -0.2) is 9.97 Å². The number of likely N-dealkylation sites (tertiary alicyclic amines) is 1. The maximum Gasteiger partial charge on any atom is 0.303 e. The van der Waals surface area contributed by atoms with E-state index in [0.717, 1.165) is 35.4 Å². The number of benzene rings is 1. The highest BCUT2D eigenvalue weighted by molar-refractivity contribution is 6.30. The van der Waals surface area contributed by atoms with Gasteiger partial charge in [0.15, 0.2) is 6.61 Å². The van der Waals surface area contributed by atoms with Gasteiger partial charge in [-0.3, -0.25) is 14.7 Å². The molecule has 0 unspecified atom stereocenters. The van der Waals surface area contributed by atoms with Crippen LogP contribution in [-0.2, 0) is 14.3 Å². The second kappa shape index (κ2) is 9.99. The summed E-state index contributed by atoms with van der Waals surface area (Å²) < 4.78 is 10.4. The number of piperidine rings is 1. The minimum absolute atomic E-state index is 0.146. The third kappa shape index (κ3) is 4.98. The van der Waals surface area contributed by atoms with Crippen LogP contribution in [-0.4, -0.2) is 63.7 Å². The summed E-state index contributed by atoms with van der Waals surface area (Å²) in [6, 6.07) is 7.27. The molecule has 0 spiro atoms. The number of H-pyrrole nitrogens is 1. The Kier molecular flexibility index (Phi) is 6.88. The average Bonchev–Trinajstić information content (AvgIpc) is 3.28. The summed E-state index contributed by atoms with van der Waals surface area (Å²) in [5, 5.41) is 8.42. The van der Waals surface area contributed by atoms with Crippen LogP contribution >= 0.6 is 11.6 Å². The van der Waals surface area contributed by atoms with Crippen molar-refractivity contribution in [1.29, 1.82) is 0 Å². The van der Waals surface area contributed by atoms with Crippen molar-refractivity contribution < 1.29 is 19.1 Å². The summed E-state index contributed by atoms with van der Waals surface area (Å²) >= 11 is 6.16. The van der Waals surface area contributed by atoms with Crippen molar-refractivity contribution in [1.82, 2.24) is 25.1 Å². The van der Waals surface area contributed by atoms with Crippen LogP contribution in [0.2, 0.25) is 5.02 Å². The first-order valence-electron chi connectivity index (χ1n) is 10.6. The molecule has 9 nitrogen and oxygen atoms in total. The van der Waals surface area contributed by atoms with Crippen molar-refractivity contribution in [2.75, 3.05) is 26.8 Å². The Morgan fingerprint density at radius 3 is 2.70 bits per heavy atom. The predicted molar refractivity (Wildman–Crippen MR) is 122 cm³/mol. The molecule has 3 aromatic rings. The molecule has 33 heavy (non-hydrogen) atoms. The number of carbonyl (C=O) groups is 2. The van der Waals surface area contributed by atoms with E-state index in [-0.39, 0.29) is 18.4 Å². The van der Waals surface area contributed by atoms with E-state index in [1.807, 2.05) is 12.1 Å². The molecular formula is C23H24ClN5O4. The second-order valence-corrected chi connectivity index (χ2v) is 8.17. The lowest BCUT2D eigenvalue weighted by molar-refractivity contribution is -0.150. The molecule has 1 aliphatic rings. The fraction of sp³-hybridized carbons (Fsp3) is 0.348. The number of hydrogen-bond acceptors (Lipinski definition) is 7. The van der Waals surface area contributed by atoms with E-state index in [1.54, 1.807) is 30.3 Å². The molecule has 0 bridgehead atoms. The fourth-order valence-electron chi connectivity index (χ4n) is 4.08. The number of carbonyl (C=O) groups excluding carboxylic acids is 2. The van der Waals surface area contributed by atoms with Crippen LogP contribution in [0, 0.1) is 0 Å². The molecule has 1 aromatic carbocycles. The lowest BCUT2D eigenvalue weighted by Gasteiger charge is -2.31. The van der Waals surface area contributed by atoms with E-state index < -0.39 is 5.97 Å². The first kappa shape index (κ1) is 22.7. The Bertz CT molecular complexity index is 1140. The van der Waals surface area contributed by atoms with Gasteiger partial charge in [-0.05, 0) is 37.1 Å². The largest absolute Gasteiger partial charge is 0.496 e. The number of halogens is 1. The van der Waals surface area contributed by atoms with Crippen LogP contribution in [0.5, 0.6) is 5.75 Å². The molecule has 0 saturated carbocycles. The number of nitrogens with zero attached hydrogens (tertiary/aromatic N) is 4. The van der Waals surface area contributed by atoms with Gasteiger partial charge in [0, 0.05) is 54.0 Å². The highest BCUT2D eigenvalue weighted by Crippen LogP contribution is 2.42. The number of aromatic nitrogens is 4. The molecule has 172 valence electrons. The van der Waals surface area contributed by atoms with Gasteiger partial charge < -0.3 is 14.4 Å². The Labute approximate surface area is 196 Å². The number of esters is 1. The zero-order valence-corrected chi connectivity index (χ0v) is 19.1. The molecule has 1 fully saturated rings. The van der Waals surface area contributed by atoms with Crippen LogP contribution < -0.4 is 4.74 Å². The average molecular weight is 470 g/mol. The SMILES string of the molecule is COc1cc(Cl)ccc1-c1n[nH]c(C2CCN(C(=O)COC(C)=O)CC2)c1-c1ccncn1. The highest BCUT2D eigenvalue weighted by Gasteiger charge is 2.30. The number of nitrogens with one attached hydrogen (secondary N) is 1. The van der Waals surface area contributed by atoms with Gasteiger partial charge in [0.25, 0.3) is 5.91 Å². The first-order chi connectivity index (χ1) is 16.0. The van der Waals surface area contributed by atoms with E-state index in [0.29, 0.717) is 29.6 Å². The summed E-state index contributed by atoms with van der Waals surface area (Å²) in [7, 11) is 1.59. The monoisotopic (exact) mass is 469 g/mol. The normalized spacial score (nSPS) is 14.2. The van der Waals surface area contributed by atoms with Crippen LogP contribution in [0.4, 0.5) is 0 Å². The molecule has 0 atom stereocenters. The zero-order valence-electron chi connectivity index (χ0n) is 18.4. The molecule has 2 aromatic heterocycles. The minimum atomic E-state index is -0.463. The number of rotatable bonds is 6. The molecule has 1 amide bonds. The Morgan fingerprint density at radius 2 is 2.03 bits per heavy atom. The molecule has 0 aliphatic carbocycles. The van der Waals surface area contributed by atoms with Crippen molar-refractivity contribution in [3.05, 3.63) is 47.5 Å². The van der Waals surface area contributed by atoms with E-state index in [1.165, 1.54) is 13.3 Å². The van der Waals surface area contributed by atoms with Crippen molar-refractivity contribution in [2.45, 2.75) is 25.7 Å². The van der Waals surface area contributed by atoms with E-state index >= 15 is 0 Å². The van der Waals surface area contributed by atoms with Gasteiger partial charge in [-0.2, -0.15) is 5.10 Å². The maximum atomic E-state index is 12.3. The highest BCUT2D eigenvalue weighted by atomic mass is 35.5. The zero-order chi connectivity index (χ0) is 23.4. The number of aromatic amines is 1. The van der Waals surface area contributed by atoms with Crippen molar-refractivity contribution in [2.24, 2.45) is 0 Å². The third-order valence-electron chi connectivity index (χ3n) is 5.71. The lowest BCUT2D eigenvalue weighted by atomic mass is 9.88. The van der Waals surface area contributed by atoms with Gasteiger partial charge in [-0.15, -0.1) is 0 Å². The fourth-order valence-corrected chi connectivity index (χ4v) is 4.24. The van der Waals surface area contributed by atoms with Crippen molar-refractivity contribution in [3.8, 4) is 28.3 Å². The molecule has 1 aliphatic heterocycles. The summed E-state index contributed by atoms with van der Waals surface area (Å²) in [4.78, 5) is 33.5. The van der Waals surface area contributed by atoms with Gasteiger partial charge in [-0.1, -0.05) is 11.6 Å². The molecule has 10 heteroatoms. The Balaban J connectivity index is 1.64. The van der Waals surface area contributed by atoms with Gasteiger partial charge in [0.2, 0.25) is 0 Å². The molecule has 1 N–H and O–H groups in total. The molecule has 3 heterocycles. The molecular weight excluding hydrogens is 446 g/mol. The number of hydrogen-bond donors (Lipinski definition) is 1. The standard InChI is InChI=1S/C23H24ClN5O4/c1-14(30)33-12-20(31)29-9-6-15(7-10-29)22-21(18-5-8-25-13-26-18)23(28-27-22)17-4-3-16(24)11-19(17)32-2/h3-5,8,11,13,15H,6-7,9-10,12H2,1-2H3,(H,27,28). The Hall–Kier alpha value is -3.46. The topological polar surface area (TPSA) is 110 Å². The predicted octanol–water partition coefficient (Wildman–Crippen LogP) is 3.46. The van der Waals surface area contributed by atoms with Crippen molar-refractivity contribution >= 4 is 23.5 Å². The third-order valence-corrected chi connectivity index (χ3v) is 5.94. The molecule has 0 radical (unpaired) electrons. The Morgan fingerprint density at radius 1 is 1.24 bits per heavy atom. The smallest absolute Gasteiger partial charge is 0.303 e. The summed E-state index contributed by atoms with van der Waals surface area (Å²) in [6.07, 6.45) is 4.68. The molecule has 1 saturated heterocycles. The van der Waals surface area contributed by atoms with Crippen LogP contribution in [0.15, 0.2) is 36.8 Å². The number of amides is 1.